The molecule has 0 fully saturated rings. The summed E-state index contributed by atoms with van der Waals surface area (Å²) >= 11 is 5.61. The van der Waals surface area contributed by atoms with Gasteiger partial charge in [-0.2, -0.15) is 0 Å². The molecule has 0 amide bonds. The Morgan fingerprint density at radius 3 is 2.82 bits per heavy atom. The van der Waals surface area contributed by atoms with Crippen LogP contribution in [0.15, 0.2) is 45.7 Å². The summed E-state index contributed by atoms with van der Waals surface area (Å²) in [4.78, 5) is 18.2. The zero-order valence-electron chi connectivity index (χ0n) is 16.3. The van der Waals surface area contributed by atoms with Gasteiger partial charge in [-0.25, -0.2) is 0 Å². The minimum Gasteiger partial charge on any atom is -0.371 e. The third-order valence-electron chi connectivity index (χ3n) is 4.55. The van der Waals surface area contributed by atoms with Crippen LogP contribution in [0.1, 0.15) is 35.6 Å². The van der Waals surface area contributed by atoms with Gasteiger partial charge in [0.1, 0.15) is 5.82 Å². The molecule has 28 heavy (non-hydrogen) atoms. The van der Waals surface area contributed by atoms with E-state index in [2.05, 4.69) is 57.5 Å². The topological polar surface area (TPSA) is 56.9 Å². The highest BCUT2D eigenvalue weighted by Crippen LogP contribution is 2.34. The number of para-hydroxylation sites is 1. The van der Waals surface area contributed by atoms with E-state index in [1.165, 1.54) is 19.8 Å². The largest absolute Gasteiger partial charge is 0.371 e. The van der Waals surface area contributed by atoms with Crippen molar-refractivity contribution in [1.29, 1.82) is 0 Å². The fraction of sp³-hybridized carbons (Fsp3) is 0.318. The lowest BCUT2D eigenvalue weighted by atomic mass is 10.2. The number of thiophene rings is 1. The third-order valence-corrected chi connectivity index (χ3v) is 7.07. The van der Waals surface area contributed by atoms with E-state index < -0.39 is 0 Å². The number of hydrogen-bond acceptors (Lipinski definition) is 4. The number of pyridine rings is 1. The van der Waals surface area contributed by atoms with E-state index in [0.717, 1.165) is 49.2 Å². The molecule has 0 aliphatic carbocycles. The molecule has 0 atom stereocenters. The molecule has 0 spiro atoms. The Kier molecular flexibility index (Phi) is 7.48. The number of anilines is 1. The summed E-state index contributed by atoms with van der Waals surface area (Å²) in [6.07, 6.45) is 6.28. The number of H-pyrrole nitrogens is 1. The van der Waals surface area contributed by atoms with E-state index in [9.17, 15) is 4.79 Å². The van der Waals surface area contributed by atoms with E-state index in [-0.39, 0.29) is 5.43 Å². The van der Waals surface area contributed by atoms with Gasteiger partial charge in [0.05, 0.1) is 5.52 Å². The molecule has 3 rings (SSSR count). The smallest absolute Gasteiger partial charge is 0.191 e. The van der Waals surface area contributed by atoms with Crippen molar-refractivity contribution in [2.75, 3.05) is 18.4 Å². The second kappa shape index (κ2) is 10.0. The maximum absolute atomic E-state index is 12.2. The first-order valence-electron chi connectivity index (χ1n) is 9.63. The number of rotatable bonds is 9. The predicted molar refractivity (Wildman–Crippen MR) is 125 cm³/mol. The lowest BCUT2D eigenvalue weighted by molar-refractivity contribution is 0.668. The van der Waals surface area contributed by atoms with Crippen molar-refractivity contribution in [2.45, 2.75) is 33.2 Å². The van der Waals surface area contributed by atoms with Gasteiger partial charge in [0.25, 0.3) is 0 Å². The van der Waals surface area contributed by atoms with Crippen LogP contribution in [0.5, 0.6) is 0 Å². The van der Waals surface area contributed by atoms with E-state index in [4.69, 9.17) is 0 Å². The second-order valence-corrected chi connectivity index (χ2v) is 8.56. The summed E-state index contributed by atoms with van der Waals surface area (Å²) in [5, 5.41) is 7.58. The quantitative estimate of drug-likeness (QED) is 0.368. The molecule has 3 N–H and O–H groups in total. The fourth-order valence-electron chi connectivity index (χ4n) is 3.14. The Labute approximate surface area is 178 Å². The van der Waals surface area contributed by atoms with Gasteiger partial charge in [-0.3, -0.25) is 4.79 Å². The van der Waals surface area contributed by atoms with Crippen LogP contribution >= 0.6 is 27.3 Å². The number of halogens is 1. The van der Waals surface area contributed by atoms with Crippen molar-refractivity contribution in [3.8, 4) is 0 Å². The van der Waals surface area contributed by atoms with Crippen molar-refractivity contribution in [3.63, 3.8) is 0 Å². The number of fused-ring (bicyclic) bond motifs is 1. The normalized spacial score (nSPS) is 11.5. The summed E-state index contributed by atoms with van der Waals surface area (Å²) < 4.78 is 1.23. The predicted octanol–water partition coefficient (Wildman–Crippen LogP) is 5.54. The van der Waals surface area contributed by atoms with Crippen LogP contribution in [-0.2, 0) is 13.0 Å². The molecule has 0 saturated carbocycles. The minimum atomic E-state index is 0.0430. The third kappa shape index (κ3) is 4.93. The summed E-state index contributed by atoms with van der Waals surface area (Å²) in [7, 11) is 0. The van der Waals surface area contributed by atoms with Crippen LogP contribution in [0.2, 0.25) is 0 Å². The Morgan fingerprint density at radius 1 is 1.21 bits per heavy atom. The second-order valence-electron chi connectivity index (χ2n) is 6.58. The highest BCUT2D eigenvalue weighted by Gasteiger charge is 2.12. The maximum Gasteiger partial charge on any atom is 0.191 e. The Morgan fingerprint density at radius 2 is 2.04 bits per heavy atom. The van der Waals surface area contributed by atoms with Crippen molar-refractivity contribution < 1.29 is 0 Å². The molecular weight excluding hydrogens is 434 g/mol. The van der Waals surface area contributed by atoms with Gasteiger partial charge in [-0.15, -0.1) is 11.3 Å². The highest BCUT2D eigenvalue weighted by molar-refractivity contribution is 9.10. The number of benzene rings is 1. The molecule has 0 aliphatic heterocycles. The van der Waals surface area contributed by atoms with E-state index in [1.807, 2.05) is 35.6 Å². The zero-order valence-corrected chi connectivity index (χ0v) is 18.7. The average Bonchev–Trinajstić information content (AvgIpc) is 3.00. The lowest BCUT2D eigenvalue weighted by Crippen LogP contribution is -2.18. The van der Waals surface area contributed by atoms with Gasteiger partial charge in [0.2, 0.25) is 0 Å². The molecule has 0 unspecified atom stereocenters. The summed E-state index contributed by atoms with van der Waals surface area (Å²) in [5.41, 5.74) is 2.20. The van der Waals surface area contributed by atoms with Crippen molar-refractivity contribution in [3.05, 3.63) is 66.4 Å². The molecule has 148 valence electrons. The number of allylic oxidation sites excluding steroid dienone is 1. The molecule has 2 aromatic heterocycles. The average molecular weight is 460 g/mol. The standard InChI is InChI=1S/C22H26BrN3OS/c1-3-8-16-20(28-19(4-2)22(16)23)14-24-11-7-12-25-21-13-18(27)15-9-5-6-10-17(15)26-21/h3,5-6,8-10,13,24H,4,7,11-12,14H2,1-2H3,(H2,25,26,27). The Hall–Kier alpha value is -1.89. The number of aryl methyl sites for hydroxylation is 1. The molecule has 2 heterocycles. The molecule has 0 bridgehead atoms. The van der Waals surface area contributed by atoms with Gasteiger partial charge in [-0.05, 0) is 54.4 Å². The van der Waals surface area contributed by atoms with Crippen LogP contribution in [0, 0.1) is 0 Å². The van der Waals surface area contributed by atoms with Crippen LogP contribution in [0.25, 0.3) is 17.0 Å². The lowest BCUT2D eigenvalue weighted by Gasteiger charge is -2.08. The number of aromatic amines is 1. The fourth-order valence-corrected chi connectivity index (χ4v) is 5.26. The maximum atomic E-state index is 12.2. The van der Waals surface area contributed by atoms with Crippen molar-refractivity contribution in [1.82, 2.24) is 10.3 Å². The summed E-state index contributed by atoms with van der Waals surface area (Å²) in [6, 6.07) is 9.22. The van der Waals surface area contributed by atoms with Gasteiger partial charge < -0.3 is 15.6 Å². The highest BCUT2D eigenvalue weighted by atomic mass is 79.9. The van der Waals surface area contributed by atoms with E-state index in [0.29, 0.717) is 0 Å². The van der Waals surface area contributed by atoms with Gasteiger partial charge in [0.15, 0.2) is 5.43 Å². The first kappa shape index (κ1) is 20.8. The molecule has 4 nitrogen and oxygen atoms in total. The van der Waals surface area contributed by atoms with Crippen LogP contribution in [0.3, 0.4) is 0 Å². The van der Waals surface area contributed by atoms with Crippen LogP contribution < -0.4 is 16.1 Å². The summed E-state index contributed by atoms with van der Waals surface area (Å²) in [6.45, 7) is 6.83. The molecule has 6 heteroatoms. The SMILES string of the molecule is CC=Cc1c(CNCCCNc2cc(=O)c3ccccc3[nH]2)sc(CC)c1Br. The molecular formula is C22H26BrN3OS. The van der Waals surface area contributed by atoms with Gasteiger partial charge in [-0.1, -0.05) is 31.2 Å². The monoisotopic (exact) mass is 459 g/mol. The molecule has 1 aromatic carbocycles. The Balaban J connectivity index is 1.49. The van der Waals surface area contributed by atoms with Crippen molar-refractivity contribution in [2.24, 2.45) is 0 Å². The number of aromatic nitrogens is 1. The van der Waals surface area contributed by atoms with Crippen LogP contribution in [0.4, 0.5) is 5.82 Å². The van der Waals surface area contributed by atoms with Gasteiger partial charge >= 0.3 is 0 Å². The molecule has 0 aliphatic rings. The zero-order chi connectivity index (χ0) is 19.9. The summed E-state index contributed by atoms with van der Waals surface area (Å²) in [5.74, 6) is 0.772. The minimum absolute atomic E-state index is 0.0430. The number of nitrogens with one attached hydrogen (secondary N) is 3. The van der Waals surface area contributed by atoms with Crippen molar-refractivity contribution >= 4 is 50.1 Å². The molecule has 0 saturated heterocycles. The van der Waals surface area contributed by atoms with Gasteiger partial charge in [0, 0.05) is 44.3 Å². The Bertz CT molecular complexity index is 1020. The molecule has 0 radical (unpaired) electrons. The van der Waals surface area contributed by atoms with E-state index in [1.54, 1.807) is 6.07 Å². The first-order chi connectivity index (χ1) is 13.6. The van der Waals surface area contributed by atoms with E-state index >= 15 is 0 Å². The van der Waals surface area contributed by atoms with Crippen LogP contribution in [-0.4, -0.2) is 18.1 Å². The molecule has 3 aromatic rings. The number of hydrogen-bond donors (Lipinski definition) is 3. The first-order valence-corrected chi connectivity index (χ1v) is 11.2.